The van der Waals surface area contributed by atoms with Gasteiger partial charge in [0.1, 0.15) is 0 Å². The molecule has 1 rings (SSSR count). The monoisotopic (exact) mass is 235 g/mol. The molecule has 0 radical (unpaired) electrons. The third-order valence-corrected chi connectivity index (χ3v) is 2.18. The van der Waals surface area contributed by atoms with E-state index in [1.807, 2.05) is 6.92 Å². The average molecular weight is 235 g/mol. The predicted molar refractivity (Wildman–Crippen MR) is 65.5 cm³/mol. The molecule has 0 aliphatic rings. The lowest BCUT2D eigenvalue weighted by molar-refractivity contribution is 0.0696. The number of pyridine rings is 1. The van der Waals surface area contributed by atoms with Gasteiger partial charge in [0.2, 0.25) is 5.88 Å². The normalized spacial score (nSPS) is 9.94. The van der Waals surface area contributed by atoms with E-state index in [-0.39, 0.29) is 5.56 Å². The van der Waals surface area contributed by atoms with Crippen molar-refractivity contribution in [2.75, 3.05) is 6.61 Å². The number of rotatable bonds is 7. The molecule has 4 heteroatoms. The minimum atomic E-state index is -0.960. The highest BCUT2D eigenvalue weighted by atomic mass is 16.5. The van der Waals surface area contributed by atoms with Gasteiger partial charge in [0.05, 0.1) is 12.2 Å². The summed E-state index contributed by atoms with van der Waals surface area (Å²) in [6, 6.07) is 3.04. The standard InChI is InChI=1S/C13H17NO3/c1-3-5-7-17-12-9-10(13(15)16)8-11(14-12)6-4-2/h3,8-9H,1,4-7H2,2H3,(H,15,16). The van der Waals surface area contributed by atoms with Crippen molar-refractivity contribution in [2.45, 2.75) is 26.2 Å². The number of carbonyl (C=O) groups is 1. The smallest absolute Gasteiger partial charge is 0.335 e. The topological polar surface area (TPSA) is 59.4 Å². The molecular weight excluding hydrogens is 218 g/mol. The van der Waals surface area contributed by atoms with Gasteiger partial charge in [-0.2, -0.15) is 0 Å². The van der Waals surface area contributed by atoms with E-state index in [0.717, 1.165) is 18.5 Å². The third-order valence-electron chi connectivity index (χ3n) is 2.18. The second kappa shape index (κ2) is 6.68. The van der Waals surface area contributed by atoms with Crippen LogP contribution in [0.4, 0.5) is 0 Å². The molecule has 0 bridgehead atoms. The van der Waals surface area contributed by atoms with Crippen LogP contribution in [0.3, 0.4) is 0 Å². The minimum absolute atomic E-state index is 0.219. The van der Waals surface area contributed by atoms with Crippen LogP contribution in [-0.2, 0) is 6.42 Å². The molecule has 0 aromatic carbocycles. The van der Waals surface area contributed by atoms with Crippen LogP contribution in [0.1, 0.15) is 35.8 Å². The Morgan fingerprint density at radius 2 is 2.35 bits per heavy atom. The number of aryl methyl sites for hydroxylation is 1. The maximum absolute atomic E-state index is 10.9. The SMILES string of the molecule is C=CCCOc1cc(C(=O)O)cc(CCC)n1. The number of ether oxygens (including phenoxy) is 1. The van der Waals surface area contributed by atoms with E-state index in [4.69, 9.17) is 9.84 Å². The van der Waals surface area contributed by atoms with Crippen LogP contribution in [0.2, 0.25) is 0 Å². The van der Waals surface area contributed by atoms with Crippen molar-refractivity contribution in [1.29, 1.82) is 0 Å². The van der Waals surface area contributed by atoms with Crippen molar-refractivity contribution in [3.63, 3.8) is 0 Å². The highest BCUT2D eigenvalue weighted by Crippen LogP contribution is 2.14. The Labute approximate surface area is 101 Å². The zero-order valence-electron chi connectivity index (χ0n) is 9.98. The zero-order chi connectivity index (χ0) is 12.7. The summed E-state index contributed by atoms with van der Waals surface area (Å²) in [5, 5.41) is 8.97. The Hall–Kier alpha value is -1.84. The van der Waals surface area contributed by atoms with Gasteiger partial charge in [0, 0.05) is 11.8 Å². The summed E-state index contributed by atoms with van der Waals surface area (Å²) >= 11 is 0. The number of aromatic nitrogens is 1. The second-order valence-corrected chi connectivity index (χ2v) is 3.67. The van der Waals surface area contributed by atoms with E-state index in [1.165, 1.54) is 6.07 Å². The molecule has 0 saturated heterocycles. The van der Waals surface area contributed by atoms with Gasteiger partial charge < -0.3 is 9.84 Å². The average Bonchev–Trinajstić information content (AvgIpc) is 2.29. The van der Waals surface area contributed by atoms with E-state index in [9.17, 15) is 4.79 Å². The summed E-state index contributed by atoms with van der Waals surface area (Å²) in [6.45, 7) is 6.07. The largest absolute Gasteiger partial charge is 0.478 e. The maximum atomic E-state index is 10.9. The first-order chi connectivity index (χ1) is 8.17. The maximum Gasteiger partial charge on any atom is 0.335 e. The molecule has 0 aliphatic heterocycles. The molecule has 0 unspecified atom stereocenters. The van der Waals surface area contributed by atoms with Gasteiger partial charge in [-0.25, -0.2) is 9.78 Å². The van der Waals surface area contributed by atoms with Gasteiger partial charge in [0.15, 0.2) is 0 Å². The summed E-state index contributed by atoms with van der Waals surface area (Å²) in [6.07, 6.45) is 4.12. The van der Waals surface area contributed by atoms with Gasteiger partial charge in [-0.15, -0.1) is 6.58 Å². The zero-order valence-corrected chi connectivity index (χ0v) is 9.98. The Balaban J connectivity index is 2.86. The van der Waals surface area contributed by atoms with Crippen LogP contribution in [0.5, 0.6) is 5.88 Å². The molecular formula is C13H17NO3. The Kier molecular flexibility index (Phi) is 5.20. The van der Waals surface area contributed by atoms with Crippen LogP contribution in [0.25, 0.3) is 0 Å². The molecule has 0 fully saturated rings. The van der Waals surface area contributed by atoms with E-state index in [0.29, 0.717) is 18.9 Å². The van der Waals surface area contributed by atoms with Crippen molar-refractivity contribution in [2.24, 2.45) is 0 Å². The van der Waals surface area contributed by atoms with E-state index in [2.05, 4.69) is 11.6 Å². The van der Waals surface area contributed by atoms with Crippen molar-refractivity contribution in [3.8, 4) is 5.88 Å². The molecule has 1 heterocycles. The third kappa shape index (κ3) is 4.26. The number of nitrogens with zero attached hydrogens (tertiary/aromatic N) is 1. The number of carboxylic acid groups (broad SMARTS) is 1. The summed E-state index contributed by atoms with van der Waals surface area (Å²) in [7, 11) is 0. The predicted octanol–water partition coefficient (Wildman–Crippen LogP) is 2.69. The molecule has 1 aromatic heterocycles. The summed E-state index contributed by atoms with van der Waals surface area (Å²) in [5.74, 6) is -0.589. The molecule has 0 aliphatic carbocycles. The lowest BCUT2D eigenvalue weighted by Gasteiger charge is -2.07. The van der Waals surface area contributed by atoms with Crippen LogP contribution in [-0.4, -0.2) is 22.7 Å². The van der Waals surface area contributed by atoms with Crippen LogP contribution in [0, 0.1) is 0 Å². The highest BCUT2D eigenvalue weighted by molar-refractivity contribution is 5.88. The Morgan fingerprint density at radius 3 is 2.94 bits per heavy atom. The molecule has 1 N–H and O–H groups in total. The Bertz CT molecular complexity index is 402. The summed E-state index contributed by atoms with van der Waals surface area (Å²) in [4.78, 5) is 15.2. The quantitative estimate of drug-likeness (QED) is 0.583. The minimum Gasteiger partial charge on any atom is -0.478 e. The second-order valence-electron chi connectivity index (χ2n) is 3.67. The van der Waals surface area contributed by atoms with Crippen LogP contribution < -0.4 is 4.74 Å². The molecule has 4 nitrogen and oxygen atoms in total. The van der Waals surface area contributed by atoms with E-state index < -0.39 is 5.97 Å². The van der Waals surface area contributed by atoms with Crippen molar-refractivity contribution >= 4 is 5.97 Å². The van der Waals surface area contributed by atoms with E-state index in [1.54, 1.807) is 12.1 Å². The van der Waals surface area contributed by atoms with Crippen LogP contribution >= 0.6 is 0 Å². The van der Waals surface area contributed by atoms with Crippen LogP contribution in [0.15, 0.2) is 24.8 Å². The number of aromatic carboxylic acids is 1. The fourth-order valence-electron chi connectivity index (χ4n) is 1.39. The number of hydrogen-bond acceptors (Lipinski definition) is 3. The first-order valence-electron chi connectivity index (χ1n) is 5.65. The molecule has 0 saturated carbocycles. The molecule has 1 aromatic rings. The first kappa shape index (κ1) is 13.2. The highest BCUT2D eigenvalue weighted by Gasteiger charge is 2.08. The fraction of sp³-hybridized carbons (Fsp3) is 0.385. The van der Waals surface area contributed by atoms with Crippen molar-refractivity contribution in [3.05, 3.63) is 36.0 Å². The fourth-order valence-corrected chi connectivity index (χ4v) is 1.39. The molecule has 0 amide bonds. The number of carboxylic acids is 1. The lowest BCUT2D eigenvalue weighted by Crippen LogP contribution is -2.04. The van der Waals surface area contributed by atoms with Gasteiger partial charge in [-0.05, 0) is 18.9 Å². The first-order valence-corrected chi connectivity index (χ1v) is 5.65. The van der Waals surface area contributed by atoms with Gasteiger partial charge >= 0.3 is 5.97 Å². The van der Waals surface area contributed by atoms with Gasteiger partial charge in [0.25, 0.3) is 0 Å². The molecule has 0 atom stereocenters. The molecule has 92 valence electrons. The van der Waals surface area contributed by atoms with Gasteiger partial charge in [-0.1, -0.05) is 19.4 Å². The Morgan fingerprint density at radius 1 is 1.59 bits per heavy atom. The van der Waals surface area contributed by atoms with E-state index >= 15 is 0 Å². The summed E-state index contributed by atoms with van der Waals surface area (Å²) < 4.78 is 5.38. The van der Waals surface area contributed by atoms with Crippen molar-refractivity contribution in [1.82, 2.24) is 4.98 Å². The lowest BCUT2D eigenvalue weighted by atomic mass is 10.1. The molecule has 0 spiro atoms. The number of hydrogen-bond donors (Lipinski definition) is 1. The van der Waals surface area contributed by atoms with Gasteiger partial charge in [-0.3, -0.25) is 0 Å². The van der Waals surface area contributed by atoms with Crippen molar-refractivity contribution < 1.29 is 14.6 Å². The molecule has 17 heavy (non-hydrogen) atoms. The summed E-state index contributed by atoms with van der Waals surface area (Å²) in [5.41, 5.74) is 0.970.